The lowest BCUT2D eigenvalue weighted by Crippen LogP contribution is -2.49. The number of methoxy groups -OCH3 is 1. The fraction of sp³-hybridized carbons (Fsp3) is 0.160. The van der Waals surface area contributed by atoms with Crippen LogP contribution in [0.2, 0.25) is 0 Å². The van der Waals surface area contributed by atoms with Crippen LogP contribution in [0.3, 0.4) is 0 Å². The molecule has 0 aromatic heterocycles. The van der Waals surface area contributed by atoms with Crippen LogP contribution in [0.25, 0.3) is 0 Å². The van der Waals surface area contributed by atoms with Crippen LogP contribution in [0.5, 0.6) is 28.7 Å². The predicted octanol–water partition coefficient (Wildman–Crippen LogP) is 5.51. The van der Waals surface area contributed by atoms with Gasteiger partial charge in [0.25, 0.3) is 35.4 Å². The van der Waals surface area contributed by atoms with Crippen LogP contribution in [0.15, 0.2) is 114 Å². The van der Waals surface area contributed by atoms with Crippen molar-refractivity contribution < 1.29 is 71.6 Å². The van der Waals surface area contributed by atoms with E-state index >= 15 is 0 Å². The maximum absolute atomic E-state index is 13.6. The van der Waals surface area contributed by atoms with Gasteiger partial charge in [0, 0.05) is 29.3 Å². The highest BCUT2D eigenvalue weighted by Crippen LogP contribution is 2.35. The third-order valence-corrected chi connectivity index (χ3v) is 11.7. The average molecular weight is 935 g/mol. The van der Waals surface area contributed by atoms with E-state index in [0.717, 1.165) is 9.80 Å². The number of hydrazine groups is 1. The van der Waals surface area contributed by atoms with Gasteiger partial charge in [0.15, 0.2) is 11.5 Å². The van der Waals surface area contributed by atoms with Crippen LogP contribution in [-0.2, 0) is 9.59 Å². The topological polar surface area (TPSA) is 253 Å². The number of esters is 4. The molecule has 0 fully saturated rings. The molecule has 5 aromatic carbocycles. The van der Waals surface area contributed by atoms with Gasteiger partial charge in [0.1, 0.15) is 17.2 Å². The maximum Gasteiger partial charge on any atom is 0.343 e. The normalized spacial score (nSPS) is 14.3. The summed E-state index contributed by atoms with van der Waals surface area (Å²) in [6, 6.07) is 22.6. The third kappa shape index (κ3) is 8.72. The first-order chi connectivity index (χ1) is 32.8. The standard InChI is InChI=1S/C50H38N4O15/c1-25-26(2)41(56)52(40(25)55)21-20-50(3,4)53-42(57)34-17-10-29(22-36(34)43(53)58)48(63)66-31-12-6-27(7-13-31)46(61)68-33-16-19-38(39(24-33)65-5)69-47(62)28-8-14-32(15-9-28)67-49(64)30-11-18-35-37(23-30)45(60)54(51)44(35)59/h6-19,22-24H,20-21,51H2,1-5H3. The van der Waals surface area contributed by atoms with Gasteiger partial charge in [-0.05, 0) is 131 Å². The van der Waals surface area contributed by atoms with Gasteiger partial charge in [0.05, 0.1) is 51.6 Å². The second-order valence-electron chi connectivity index (χ2n) is 16.4. The summed E-state index contributed by atoms with van der Waals surface area (Å²) in [5.41, 5.74) is -0.214. The number of nitrogens with zero attached hydrogens (tertiary/aromatic N) is 3. The molecular formula is C50H38N4O15. The molecular weight excluding hydrogens is 897 g/mol. The summed E-state index contributed by atoms with van der Waals surface area (Å²) in [4.78, 5) is 131. The zero-order chi connectivity index (χ0) is 49.6. The molecule has 69 heavy (non-hydrogen) atoms. The second-order valence-corrected chi connectivity index (χ2v) is 16.4. The fourth-order valence-corrected chi connectivity index (χ4v) is 7.59. The summed E-state index contributed by atoms with van der Waals surface area (Å²) in [6.45, 7) is 6.42. The van der Waals surface area contributed by atoms with Crippen molar-refractivity contribution in [3.8, 4) is 28.7 Å². The third-order valence-electron chi connectivity index (χ3n) is 11.7. The van der Waals surface area contributed by atoms with Crippen LogP contribution in [0.1, 0.15) is 117 Å². The van der Waals surface area contributed by atoms with Gasteiger partial charge in [-0.3, -0.25) is 38.6 Å². The first-order valence-electron chi connectivity index (χ1n) is 20.9. The van der Waals surface area contributed by atoms with Crippen molar-refractivity contribution in [2.45, 2.75) is 39.7 Å². The lowest BCUT2D eigenvalue weighted by molar-refractivity contribution is -0.137. The summed E-state index contributed by atoms with van der Waals surface area (Å²) in [5.74, 6) is -1.17. The van der Waals surface area contributed by atoms with Crippen molar-refractivity contribution in [2.75, 3.05) is 13.7 Å². The number of rotatable bonds is 13. The van der Waals surface area contributed by atoms with E-state index in [9.17, 15) is 47.9 Å². The van der Waals surface area contributed by atoms with Crippen molar-refractivity contribution in [3.05, 3.63) is 159 Å². The molecule has 0 atom stereocenters. The lowest BCUT2D eigenvalue weighted by Gasteiger charge is -2.35. The number of imide groups is 3. The molecule has 0 spiro atoms. The summed E-state index contributed by atoms with van der Waals surface area (Å²) in [5, 5.41) is 0.452. The van der Waals surface area contributed by atoms with Crippen LogP contribution in [-0.4, -0.2) is 93.3 Å². The van der Waals surface area contributed by atoms with E-state index in [1.807, 2.05) is 0 Å². The first-order valence-corrected chi connectivity index (χ1v) is 20.9. The molecule has 0 saturated carbocycles. The van der Waals surface area contributed by atoms with E-state index in [0.29, 0.717) is 16.2 Å². The van der Waals surface area contributed by atoms with Gasteiger partial charge in [-0.1, -0.05) is 0 Å². The van der Waals surface area contributed by atoms with Gasteiger partial charge < -0.3 is 23.7 Å². The molecule has 19 nitrogen and oxygen atoms in total. The predicted molar refractivity (Wildman–Crippen MR) is 238 cm³/mol. The number of carbonyl (C=O) groups is 10. The Morgan fingerprint density at radius 2 is 0.884 bits per heavy atom. The van der Waals surface area contributed by atoms with E-state index in [2.05, 4.69) is 0 Å². The minimum absolute atomic E-state index is 0.00767. The molecule has 5 aromatic rings. The molecule has 0 aliphatic carbocycles. The SMILES string of the molecule is COc1cc(OC(=O)c2ccc(OC(=O)c3ccc4c(c3)C(=O)N(C(C)(C)CCN3C(=O)C(C)=C(C)C3=O)C4=O)cc2)ccc1OC(=O)c1ccc(OC(=O)c2ccc3c(c2)C(=O)N(N)C3=O)cc1. The molecule has 19 heteroatoms. The number of hydrogen-bond donors (Lipinski definition) is 1. The highest BCUT2D eigenvalue weighted by atomic mass is 16.6. The Hall–Kier alpha value is -9.10. The Kier molecular flexibility index (Phi) is 12.1. The number of amides is 6. The number of nitrogens with two attached hydrogens (primary N) is 1. The molecule has 348 valence electrons. The molecule has 0 saturated heterocycles. The maximum atomic E-state index is 13.6. The number of hydrogen-bond acceptors (Lipinski definition) is 16. The molecule has 0 unspecified atom stereocenters. The van der Waals surface area contributed by atoms with E-state index in [4.69, 9.17) is 29.5 Å². The minimum atomic E-state index is -1.11. The summed E-state index contributed by atoms with van der Waals surface area (Å²) < 4.78 is 27.2. The van der Waals surface area contributed by atoms with Gasteiger partial charge >= 0.3 is 23.9 Å². The van der Waals surface area contributed by atoms with Gasteiger partial charge in [-0.25, -0.2) is 30.0 Å². The molecule has 3 aliphatic heterocycles. The zero-order valence-corrected chi connectivity index (χ0v) is 37.3. The van der Waals surface area contributed by atoms with Gasteiger partial charge in [-0.15, -0.1) is 0 Å². The van der Waals surface area contributed by atoms with Crippen molar-refractivity contribution in [3.63, 3.8) is 0 Å². The van der Waals surface area contributed by atoms with Crippen molar-refractivity contribution in [1.82, 2.24) is 14.8 Å². The number of fused-ring (bicyclic) bond motifs is 2. The molecule has 2 N–H and O–H groups in total. The minimum Gasteiger partial charge on any atom is -0.493 e. The summed E-state index contributed by atoms with van der Waals surface area (Å²) in [6.07, 6.45) is 0.115. The Labute approximate surface area is 391 Å². The lowest BCUT2D eigenvalue weighted by atomic mass is 9.97. The van der Waals surface area contributed by atoms with Gasteiger partial charge in [-0.2, -0.15) is 0 Å². The second kappa shape index (κ2) is 17.9. The van der Waals surface area contributed by atoms with Crippen molar-refractivity contribution in [2.24, 2.45) is 5.84 Å². The van der Waals surface area contributed by atoms with E-state index in [1.54, 1.807) is 27.7 Å². The Bertz CT molecular complexity index is 3130. The summed E-state index contributed by atoms with van der Waals surface area (Å²) >= 11 is 0. The number of benzene rings is 5. The Morgan fingerprint density at radius 3 is 1.41 bits per heavy atom. The van der Waals surface area contributed by atoms with Crippen molar-refractivity contribution >= 4 is 59.3 Å². The molecule has 3 aliphatic rings. The molecule has 0 bridgehead atoms. The Morgan fingerprint density at radius 1 is 0.478 bits per heavy atom. The fourth-order valence-electron chi connectivity index (χ4n) is 7.59. The smallest absolute Gasteiger partial charge is 0.343 e. The average Bonchev–Trinajstić information content (AvgIpc) is 3.81. The zero-order valence-electron chi connectivity index (χ0n) is 37.3. The Balaban J connectivity index is 0.840. The first kappa shape index (κ1) is 46.4. The van der Waals surface area contributed by atoms with Gasteiger partial charge in [0.2, 0.25) is 0 Å². The number of ether oxygens (including phenoxy) is 5. The van der Waals surface area contributed by atoms with Crippen molar-refractivity contribution in [1.29, 1.82) is 0 Å². The quantitative estimate of drug-likeness (QED) is 0.0502. The van der Waals surface area contributed by atoms with E-state index < -0.39 is 64.9 Å². The summed E-state index contributed by atoms with van der Waals surface area (Å²) in [7, 11) is 1.31. The van der Waals surface area contributed by atoms with E-state index in [-0.39, 0.29) is 86.2 Å². The van der Waals surface area contributed by atoms with Crippen LogP contribution in [0, 0.1) is 0 Å². The molecule has 6 amide bonds. The molecule has 0 radical (unpaired) electrons. The highest BCUT2D eigenvalue weighted by Gasteiger charge is 2.45. The highest BCUT2D eigenvalue weighted by molar-refractivity contribution is 6.23. The van der Waals surface area contributed by atoms with E-state index in [1.165, 1.54) is 110 Å². The molecule has 8 rings (SSSR count). The van der Waals surface area contributed by atoms with Crippen LogP contribution >= 0.6 is 0 Å². The van der Waals surface area contributed by atoms with Crippen LogP contribution < -0.4 is 29.5 Å². The molecule has 3 heterocycles. The number of carbonyl (C=O) groups excluding carboxylic acids is 10. The monoisotopic (exact) mass is 934 g/mol. The largest absolute Gasteiger partial charge is 0.493 e. The van der Waals surface area contributed by atoms with Crippen LogP contribution in [0.4, 0.5) is 0 Å².